The highest BCUT2D eigenvalue weighted by atomic mass is 32.1. The molecule has 12 heavy (non-hydrogen) atoms. The van der Waals surface area contributed by atoms with E-state index in [-0.39, 0.29) is 5.84 Å². The first-order valence-electron chi connectivity index (χ1n) is 3.48. The van der Waals surface area contributed by atoms with E-state index in [1.807, 2.05) is 31.2 Å². The largest absolute Gasteiger partial charge is 0.282 e. The molecule has 60 valence electrons. The van der Waals surface area contributed by atoms with Crippen LogP contribution in [0.15, 0.2) is 29.3 Å². The molecule has 0 radical (unpaired) electrons. The van der Waals surface area contributed by atoms with Crippen molar-refractivity contribution in [1.82, 2.24) is 0 Å². The molecule has 0 aliphatic heterocycles. The SMILES string of the molecule is Cc1ccccc1C(=N)N=C=S. The Morgan fingerprint density at radius 3 is 2.75 bits per heavy atom. The van der Waals surface area contributed by atoms with Gasteiger partial charge in [0.25, 0.3) is 0 Å². The molecule has 0 aliphatic rings. The first-order valence-corrected chi connectivity index (χ1v) is 3.89. The Kier molecular flexibility index (Phi) is 2.86. The van der Waals surface area contributed by atoms with E-state index in [9.17, 15) is 0 Å². The van der Waals surface area contributed by atoms with Crippen LogP contribution >= 0.6 is 12.2 Å². The van der Waals surface area contributed by atoms with Crippen molar-refractivity contribution < 1.29 is 0 Å². The van der Waals surface area contributed by atoms with Crippen LogP contribution in [-0.2, 0) is 0 Å². The van der Waals surface area contributed by atoms with Gasteiger partial charge in [-0.3, -0.25) is 5.41 Å². The number of isothiocyanates is 1. The summed E-state index contributed by atoms with van der Waals surface area (Å²) in [5.74, 6) is 0.170. The van der Waals surface area contributed by atoms with Gasteiger partial charge >= 0.3 is 0 Å². The highest BCUT2D eigenvalue weighted by Crippen LogP contribution is 2.07. The predicted octanol–water partition coefficient (Wildman–Crippen LogP) is 2.42. The number of rotatable bonds is 1. The fourth-order valence-corrected chi connectivity index (χ4v) is 1.04. The minimum absolute atomic E-state index is 0.170. The Bertz CT molecular complexity index is 351. The van der Waals surface area contributed by atoms with Crippen molar-refractivity contribution >= 4 is 23.2 Å². The molecule has 1 aromatic carbocycles. The van der Waals surface area contributed by atoms with Crippen LogP contribution in [-0.4, -0.2) is 11.0 Å². The van der Waals surface area contributed by atoms with Crippen molar-refractivity contribution in [3.05, 3.63) is 35.4 Å². The van der Waals surface area contributed by atoms with Crippen molar-refractivity contribution in [1.29, 1.82) is 5.41 Å². The maximum absolute atomic E-state index is 7.47. The van der Waals surface area contributed by atoms with E-state index >= 15 is 0 Å². The zero-order valence-corrected chi connectivity index (χ0v) is 7.48. The summed E-state index contributed by atoms with van der Waals surface area (Å²) in [4.78, 5) is 3.60. The number of hydrogen-bond acceptors (Lipinski definition) is 2. The van der Waals surface area contributed by atoms with Crippen molar-refractivity contribution in [2.75, 3.05) is 0 Å². The van der Waals surface area contributed by atoms with E-state index < -0.39 is 0 Å². The maximum atomic E-state index is 7.47. The molecule has 0 bridgehead atoms. The van der Waals surface area contributed by atoms with Crippen LogP contribution in [0.3, 0.4) is 0 Å². The lowest BCUT2D eigenvalue weighted by Gasteiger charge is -1.99. The second-order valence-corrected chi connectivity index (χ2v) is 2.55. The van der Waals surface area contributed by atoms with Gasteiger partial charge in [0.1, 0.15) is 0 Å². The number of nitrogens with one attached hydrogen (secondary N) is 1. The van der Waals surface area contributed by atoms with E-state index in [0.29, 0.717) is 0 Å². The van der Waals surface area contributed by atoms with Gasteiger partial charge in [-0.25, -0.2) is 0 Å². The lowest BCUT2D eigenvalue weighted by molar-refractivity contribution is 1.37. The highest BCUT2D eigenvalue weighted by Gasteiger charge is 2.00. The van der Waals surface area contributed by atoms with Gasteiger partial charge in [-0.05, 0) is 24.7 Å². The average molecular weight is 176 g/mol. The van der Waals surface area contributed by atoms with Gasteiger partial charge in [0.2, 0.25) is 0 Å². The number of hydrogen-bond donors (Lipinski definition) is 1. The van der Waals surface area contributed by atoms with Crippen LogP contribution in [0.2, 0.25) is 0 Å². The Labute approximate surface area is 76.5 Å². The molecule has 0 spiro atoms. The Morgan fingerprint density at radius 1 is 1.50 bits per heavy atom. The Morgan fingerprint density at radius 2 is 2.17 bits per heavy atom. The topological polar surface area (TPSA) is 36.2 Å². The fourth-order valence-electron chi connectivity index (χ4n) is 0.944. The zero-order valence-electron chi connectivity index (χ0n) is 6.66. The summed E-state index contributed by atoms with van der Waals surface area (Å²) < 4.78 is 0. The van der Waals surface area contributed by atoms with E-state index in [1.165, 1.54) is 0 Å². The molecule has 0 aromatic heterocycles. The summed E-state index contributed by atoms with van der Waals surface area (Å²) in [5.41, 5.74) is 1.83. The third-order valence-electron chi connectivity index (χ3n) is 1.56. The van der Waals surface area contributed by atoms with E-state index in [1.54, 1.807) is 0 Å². The molecule has 0 fully saturated rings. The number of benzene rings is 1. The average Bonchev–Trinajstić information content (AvgIpc) is 2.05. The molecular weight excluding hydrogens is 168 g/mol. The van der Waals surface area contributed by atoms with Crippen molar-refractivity contribution in [3.63, 3.8) is 0 Å². The van der Waals surface area contributed by atoms with Crippen LogP contribution in [0.25, 0.3) is 0 Å². The van der Waals surface area contributed by atoms with E-state index in [4.69, 9.17) is 5.41 Å². The minimum Gasteiger partial charge on any atom is -0.282 e. The monoisotopic (exact) mass is 176 g/mol. The maximum Gasteiger partial charge on any atom is 0.162 e. The first kappa shape index (κ1) is 8.78. The number of aryl methyl sites for hydroxylation is 1. The van der Waals surface area contributed by atoms with Crippen LogP contribution in [0.4, 0.5) is 0 Å². The standard InChI is InChI=1S/C9H8N2S/c1-7-4-2-3-5-8(7)9(10)11-6-12/h2-5,10H,1H3. The second kappa shape index (κ2) is 3.90. The predicted molar refractivity (Wildman–Crippen MR) is 53.0 cm³/mol. The van der Waals surface area contributed by atoms with Crippen LogP contribution in [0, 0.1) is 12.3 Å². The third-order valence-corrected chi connectivity index (χ3v) is 1.65. The molecule has 2 nitrogen and oxygen atoms in total. The van der Waals surface area contributed by atoms with Crippen LogP contribution in [0.1, 0.15) is 11.1 Å². The van der Waals surface area contributed by atoms with Gasteiger partial charge < -0.3 is 0 Å². The van der Waals surface area contributed by atoms with Crippen molar-refractivity contribution in [2.24, 2.45) is 4.99 Å². The van der Waals surface area contributed by atoms with Gasteiger partial charge in [0.15, 0.2) is 5.84 Å². The molecule has 0 saturated carbocycles. The van der Waals surface area contributed by atoms with E-state index in [0.717, 1.165) is 11.1 Å². The van der Waals surface area contributed by atoms with Gasteiger partial charge in [-0.1, -0.05) is 24.3 Å². The number of thiocarbonyl (C=S) groups is 1. The molecule has 0 unspecified atom stereocenters. The van der Waals surface area contributed by atoms with Gasteiger partial charge in [-0.15, -0.1) is 0 Å². The van der Waals surface area contributed by atoms with Gasteiger partial charge in [0.05, 0.1) is 5.16 Å². The molecule has 0 aliphatic carbocycles. The molecule has 0 heterocycles. The minimum atomic E-state index is 0.170. The molecular formula is C9H8N2S. The Balaban J connectivity index is 3.11. The summed E-state index contributed by atoms with van der Waals surface area (Å²) in [6.45, 7) is 1.93. The smallest absolute Gasteiger partial charge is 0.162 e. The third kappa shape index (κ3) is 1.84. The second-order valence-electron chi connectivity index (χ2n) is 2.37. The normalized spacial score (nSPS) is 8.75. The first-order chi connectivity index (χ1) is 5.75. The van der Waals surface area contributed by atoms with E-state index in [2.05, 4.69) is 22.4 Å². The summed E-state index contributed by atoms with van der Waals surface area (Å²) in [6.07, 6.45) is 0. The lowest BCUT2D eigenvalue weighted by Crippen LogP contribution is -1.96. The molecule has 1 N–H and O–H groups in total. The highest BCUT2D eigenvalue weighted by molar-refractivity contribution is 7.78. The molecule has 0 atom stereocenters. The van der Waals surface area contributed by atoms with Gasteiger partial charge in [-0.2, -0.15) is 4.99 Å². The summed E-state index contributed by atoms with van der Waals surface area (Å²) in [6, 6.07) is 7.57. The quantitative estimate of drug-likeness (QED) is 0.398. The molecule has 0 saturated heterocycles. The number of nitrogens with zero attached hydrogens (tertiary/aromatic N) is 1. The Hall–Kier alpha value is -1.31. The van der Waals surface area contributed by atoms with Crippen LogP contribution in [0.5, 0.6) is 0 Å². The van der Waals surface area contributed by atoms with Gasteiger partial charge in [0, 0.05) is 5.56 Å². The summed E-state index contributed by atoms with van der Waals surface area (Å²) in [7, 11) is 0. The summed E-state index contributed by atoms with van der Waals surface area (Å²) in [5, 5.41) is 9.65. The number of amidine groups is 1. The fraction of sp³-hybridized carbons (Fsp3) is 0.111. The van der Waals surface area contributed by atoms with Crippen molar-refractivity contribution in [3.8, 4) is 0 Å². The molecule has 0 amide bonds. The molecule has 3 heteroatoms. The molecule has 1 aromatic rings. The lowest BCUT2D eigenvalue weighted by atomic mass is 10.1. The molecule has 1 rings (SSSR count). The summed E-state index contributed by atoms with van der Waals surface area (Å²) >= 11 is 4.41. The number of aliphatic imine (C=N–C) groups is 1. The van der Waals surface area contributed by atoms with Crippen molar-refractivity contribution in [2.45, 2.75) is 6.92 Å². The van der Waals surface area contributed by atoms with Crippen LogP contribution < -0.4 is 0 Å². The zero-order chi connectivity index (χ0) is 8.97.